The average Bonchev–Trinajstić information content (AvgIpc) is 2.37. The molecule has 1 unspecified atom stereocenters. The van der Waals surface area contributed by atoms with Gasteiger partial charge in [-0.05, 0) is 39.6 Å². The first-order chi connectivity index (χ1) is 9.13. The second kappa shape index (κ2) is 6.40. The molecule has 3 nitrogen and oxygen atoms in total. The summed E-state index contributed by atoms with van der Waals surface area (Å²) in [6, 6.07) is 10.1. The Morgan fingerprint density at radius 1 is 1.32 bits per heavy atom. The van der Waals surface area contributed by atoms with Crippen LogP contribution in [0.25, 0.3) is 0 Å². The number of benzene rings is 1. The number of likely N-dealkylation sites (N-methyl/N-ethyl adjacent to an activating group) is 2. The van der Waals surface area contributed by atoms with Gasteiger partial charge >= 0.3 is 0 Å². The van der Waals surface area contributed by atoms with E-state index in [9.17, 15) is 0 Å². The SMILES string of the molecule is CCN(CC(C)NC)C1CN(c2ccc(C)cc2)C1. The molecule has 0 spiro atoms. The maximum absolute atomic E-state index is 3.33. The fourth-order valence-electron chi connectivity index (χ4n) is 2.63. The molecule has 0 saturated carbocycles. The lowest BCUT2D eigenvalue weighted by molar-refractivity contribution is 0.162. The molecule has 1 aromatic carbocycles. The molecule has 2 rings (SSSR count). The van der Waals surface area contributed by atoms with E-state index in [1.807, 2.05) is 7.05 Å². The van der Waals surface area contributed by atoms with Gasteiger partial charge in [-0.3, -0.25) is 4.90 Å². The highest BCUT2D eigenvalue weighted by Gasteiger charge is 2.31. The van der Waals surface area contributed by atoms with E-state index >= 15 is 0 Å². The Labute approximate surface area is 117 Å². The van der Waals surface area contributed by atoms with Gasteiger partial charge < -0.3 is 10.2 Å². The van der Waals surface area contributed by atoms with Crippen LogP contribution in [0.1, 0.15) is 19.4 Å². The maximum Gasteiger partial charge on any atom is 0.0447 e. The van der Waals surface area contributed by atoms with E-state index in [0.717, 1.165) is 26.2 Å². The number of nitrogens with one attached hydrogen (secondary N) is 1. The molecule has 1 N–H and O–H groups in total. The molecular formula is C16H27N3. The summed E-state index contributed by atoms with van der Waals surface area (Å²) in [6.45, 7) is 11.2. The molecular weight excluding hydrogens is 234 g/mol. The number of hydrogen-bond acceptors (Lipinski definition) is 3. The Hall–Kier alpha value is -1.06. The molecule has 3 heteroatoms. The third-order valence-corrected chi connectivity index (χ3v) is 4.19. The summed E-state index contributed by atoms with van der Waals surface area (Å²) in [4.78, 5) is 5.06. The summed E-state index contributed by atoms with van der Waals surface area (Å²) in [6.07, 6.45) is 0. The van der Waals surface area contributed by atoms with Crippen molar-refractivity contribution >= 4 is 5.69 Å². The molecule has 1 aliphatic rings. The van der Waals surface area contributed by atoms with Crippen LogP contribution >= 0.6 is 0 Å². The van der Waals surface area contributed by atoms with Gasteiger partial charge in [0, 0.05) is 37.4 Å². The largest absolute Gasteiger partial charge is 0.368 e. The first-order valence-electron chi connectivity index (χ1n) is 7.37. The van der Waals surface area contributed by atoms with Crippen molar-refractivity contribution in [1.29, 1.82) is 0 Å². The van der Waals surface area contributed by atoms with E-state index in [0.29, 0.717) is 12.1 Å². The van der Waals surface area contributed by atoms with Crippen LogP contribution in [-0.4, -0.2) is 50.2 Å². The van der Waals surface area contributed by atoms with E-state index in [-0.39, 0.29) is 0 Å². The number of aryl methyl sites for hydroxylation is 1. The highest BCUT2D eigenvalue weighted by atomic mass is 15.3. The first kappa shape index (κ1) is 14.4. The topological polar surface area (TPSA) is 18.5 Å². The molecule has 0 aromatic heterocycles. The van der Waals surface area contributed by atoms with Gasteiger partial charge in [-0.2, -0.15) is 0 Å². The van der Waals surface area contributed by atoms with Crippen LogP contribution in [0.3, 0.4) is 0 Å². The van der Waals surface area contributed by atoms with E-state index in [1.54, 1.807) is 0 Å². The van der Waals surface area contributed by atoms with Gasteiger partial charge in [0.2, 0.25) is 0 Å². The summed E-state index contributed by atoms with van der Waals surface area (Å²) in [5.74, 6) is 0. The normalized spacial score (nSPS) is 17.6. The minimum absolute atomic E-state index is 0.563. The summed E-state index contributed by atoms with van der Waals surface area (Å²) in [7, 11) is 2.04. The first-order valence-corrected chi connectivity index (χ1v) is 7.37. The molecule has 0 radical (unpaired) electrons. The lowest BCUT2D eigenvalue weighted by Crippen LogP contribution is -2.61. The molecule has 1 saturated heterocycles. The Kier molecular flexibility index (Phi) is 4.83. The predicted octanol–water partition coefficient (Wildman–Crippen LogP) is 2.11. The van der Waals surface area contributed by atoms with Gasteiger partial charge in [0.05, 0.1) is 0 Å². The number of anilines is 1. The van der Waals surface area contributed by atoms with Crippen molar-refractivity contribution in [3.63, 3.8) is 0 Å². The molecule has 0 amide bonds. The van der Waals surface area contributed by atoms with Crippen LogP contribution < -0.4 is 10.2 Å². The Morgan fingerprint density at radius 3 is 2.47 bits per heavy atom. The van der Waals surface area contributed by atoms with Crippen LogP contribution in [0.15, 0.2) is 24.3 Å². The van der Waals surface area contributed by atoms with Crippen molar-refractivity contribution in [2.75, 3.05) is 38.1 Å². The molecule has 1 fully saturated rings. The molecule has 19 heavy (non-hydrogen) atoms. The zero-order valence-electron chi connectivity index (χ0n) is 12.7. The van der Waals surface area contributed by atoms with Gasteiger partial charge in [0.25, 0.3) is 0 Å². The van der Waals surface area contributed by atoms with Gasteiger partial charge in [0.15, 0.2) is 0 Å². The number of hydrogen-bond donors (Lipinski definition) is 1. The minimum Gasteiger partial charge on any atom is -0.368 e. The van der Waals surface area contributed by atoms with Crippen LogP contribution in [0.2, 0.25) is 0 Å². The smallest absolute Gasteiger partial charge is 0.0447 e. The van der Waals surface area contributed by atoms with Crippen LogP contribution in [0.5, 0.6) is 0 Å². The van der Waals surface area contributed by atoms with Crippen molar-refractivity contribution in [1.82, 2.24) is 10.2 Å². The molecule has 1 aromatic rings. The molecule has 0 aliphatic carbocycles. The van der Waals surface area contributed by atoms with Crippen molar-refractivity contribution in [3.05, 3.63) is 29.8 Å². The molecule has 1 atom stereocenters. The quantitative estimate of drug-likeness (QED) is 0.846. The Balaban J connectivity index is 1.85. The third-order valence-electron chi connectivity index (χ3n) is 4.19. The average molecular weight is 261 g/mol. The summed E-state index contributed by atoms with van der Waals surface area (Å²) in [5.41, 5.74) is 2.69. The van der Waals surface area contributed by atoms with E-state index in [2.05, 4.69) is 60.2 Å². The molecule has 0 bridgehead atoms. The lowest BCUT2D eigenvalue weighted by atomic mass is 10.0. The van der Waals surface area contributed by atoms with Crippen molar-refractivity contribution in [2.45, 2.75) is 32.9 Å². The fourth-order valence-corrected chi connectivity index (χ4v) is 2.63. The standard InChI is InChI=1S/C16H27N3/c1-5-18(10-14(3)17-4)16-11-19(12-16)15-8-6-13(2)7-9-15/h6-9,14,16-17H,5,10-12H2,1-4H3. The summed E-state index contributed by atoms with van der Waals surface area (Å²) < 4.78 is 0. The van der Waals surface area contributed by atoms with Gasteiger partial charge in [-0.1, -0.05) is 24.6 Å². The number of rotatable bonds is 6. The molecule has 1 aliphatic heterocycles. The van der Waals surface area contributed by atoms with E-state index in [4.69, 9.17) is 0 Å². The Bertz CT molecular complexity index is 381. The zero-order valence-corrected chi connectivity index (χ0v) is 12.7. The number of nitrogens with zero attached hydrogens (tertiary/aromatic N) is 2. The van der Waals surface area contributed by atoms with Crippen LogP contribution in [-0.2, 0) is 0 Å². The second-order valence-corrected chi connectivity index (χ2v) is 5.67. The monoisotopic (exact) mass is 261 g/mol. The van der Waals surface area contributed by atoms with Crippen LogP contribution in [0.4, 0.5) is 5.69 Å². The van der Waals surface area contributed by atoms with Crippen LogP contribution in [0, 0.1) is 6.92 Å². The fraction of sp³-hybridized carbons (Fsp3) is 0.625. The summed E-state index contributed by atoms with van der Waals surface area (Å²) >= 11 is 0. The minimum atomic E-state index is 0.563. The van der Waals surface area contributed by atoms with Crippen molar-refractivity contribution in [3.8, 4) is 0 Å². The maximum atomic E-state index is 3.33. The van der Waals surface area contributed by atoms with Crippen molar-refractivity contribution < 1.29 is 0 Å². The van der Waals surface area contributed by atoms with Gasteiger partial charge in [-0.25, -0.2) is 0 Å². The third kappa shape index (κ3) is 3.48. The molecule has 1 heterocycles. The van der Waals surface area contributed by atoms with E-state index < -0.39 is 0 Å². The second-order valence-electron chi connectivity index (χ2n) is 5.67. The zero-order chi connectivity index (χ0) is 13.8. The summed E-state index contributed by atoms with van der Waals surface area (Å²) in [5, 5.41) is 3.33. The lowest BCUT2D eigenvalue weighted by Gasteiger charge is -2.47. The molecule has 106 valence electrons. The Morgan fingerprint density at radius 2 is 1.95 bits per heavy atom. The van der Waals surface area contributed by atoms with Crippen molar-refractivity contribution in [2.24, 2.45) is 0 Å². The highest BCUT2D eigenvalue weighted by Crippen LogP contribution is 2.24. The predicted molar refractivity (Wildman–Crippen MR) is 82.9 cm³/mol. The highest BCUT2D eigenvalue weighted by molar-refractivity contribution is 5.50. The van der Waals surface area contributed by atoms with Gasteiger partial charge in [-0.15, -0.1) is 0 Å². The van der Waals surface area contributed by atoms with Gasteiger partial charge in [0.1, 0.15) is 0 Å². The van der Waals surface area contributed by atoms with E-state index in [1.165, 1.54) is 11.3 Å².